The van der Waals surface area contributed by atoms with E-state index in [1.54, 1.807) is 17.2 Å². The van der Waals surface area contributed by atoms with Crippen molar-refractivity contribution < 1.29 is 4.79 Å². The summed E-state index contributed by atoms with van der Waals surface area (Å²) in [7, 11) is 0. The third kappa shape index (κ3) is 2.48. The molecule has 82 valence electrons. The monoisotopic (exact) mass is 226 g/mol. The number of carbonyl (C=O) groups is 1. The van der Waals surface area contributed by atoms with Crippen molar-refractivity contribution in [1.29, 1.82) is 0 Å². The maximum Gasteiger partial charge on any atom is 0.272 e. The highest BCUT2D eigenvalue weighted by atomic mass is 35.5. The number of rotatable bonds is 3. The van der Waals surface area contributed by atoms with Gasteiger partial charge in [0.05, 0.1) is 0 Å². The summed E-state index contributed by atoms with van der Waals surface area (Å²) in [5.74, 6) is -0.0556. The zero-order chi connectivity index (χ0) is 11.4. The van der Waals surface area contributed by atoms with E-state index in [9.17, 15) is 4.79 Å². The first kappa shape index (κ1) is 12.0. The van der Waals surface area contributed by atoms with Crippen LogP contribution in [0.5, 0.6) is 0 Å². The molecular weight excluding hydrogens is 212 g/mol. The Kier molecular flexibility index (Phi) is 4.09. The molecule has 1 aromatic heterocycles. The van der Waals surface area contributed by atoms with Crippen LogP contribution in [-0.2, 0) is 0 Å². The van der Waals surface area contributed by atoms with Gasteiger partial charge in [-0.2, -0.15) is 0 Å². The van der Waals surface area contributed by atoms with E-state index in [4.69, 9.17) is 11.6 Å². The number of pyridine rings is 1. The highest BCUT2D eigenvalue weighted by Gasteiger charge is 2.17. The van der Waals surface area contributed by atoms with Crippen LogP contribution in [0.2, 0.25) is 5.02 Å². The van der Waals surface area contributed by atoms with E-state index in [2.05, 4.69) is 4.98 Å². The van der Waals surface area contributed by atoms with Crippen LogP contribution in [0.15, 0.2) is 12.3 Å². The number of hydrogen-bond acceptors (Lipinski definition) is 2. The first-order valence-electron chi connectivity index (χ1n) is 5.02. The van der Waals surface area contributed by atoms with Gasteiger partial charge in [-0.15, -0.1) is 0 Å². The molecule has 0 atom stereocenters. The van der Waals surface area contributed by atoms with Crippen molar-refractivity contribution in [3.63, 3.8) is 0 Å². The molecule has 0 aliphatic rings. The molecule has 0 bridgehead atoms. The van der Waals surface area contributed by atoms with Gasteiger partial charge in [0.1, 0.15) is 5.69 Å². The van der Waals surface area contributed by atoms with Crippen LogP contribution in [0.1, 0.15) is 29.9 Å². The fourth-order valence-corrected chi connectivity index (χ4v) is 1.53. The topological polar surface area (TPSA) is 33.2 Å². The molecule has 0 saturated carbocycles. The minimum absolute atomic E-state index is 0.0556. The van der Waals surface area contributed by atoms with Crippen LogP contribution in [-0.4, -0.2) is 28.9 Å². The number of aromatic nitrogens is 1. The molecule has 0 saturated heterocycles. The van der Waals surface area contributed by atoms with Crippen molar-refractivity contribution in [2.75, 3.05) is 13.1 Å². The minimum Gasteiger partial charge on any atom is -0.338 e. The van der Waals surface area contributed by atoms with E-state index in [0.717, 1.165) is 5.56 Å². The predicted molar refractivity (Wildman–Crippen MR) is 61.2 cm³/mol. The summed E-state index contributed by atoms with van der Waals surface area (Å²) in [6.07, 6.45) is 1.56. The highest BCUT2D eigenvalue weighted by Crippen LogP contribution is 2.17. The lowest BCUT2D eigenvalue weighted by atomic mass is 10.2. The van der Waals surface area contributed by atoms with Gasteiger partial charge in [0.2, 0.25) is 0 Å². The molecule has 1 amide bonds. The average molecular weight is 227 g/mol. The number of halogens is 1. The van der Waals surface area contributed by atoms with Gasteiger partial charge in [0, 0.05) is 24.3 Å². The molecule has 0 radical (unpaired) electrons. The van der Waals surface area contributed by atoms with Crippen molar-refractivity contribution in [1.82, 2.24) is 9.88 Å². The van der Waals surface area contributed by atoms with Crippen LogP contribution in [0.25, 0.3) is 0 Å². The van der Waals surface area contributed by atoms with Gasteiger partial charge in [0.15, 0.2) is 0 Å². The number of hydrogen-bond donors (Lipinski definition) is 0. The second kappa shape index (κ2) is 5.12. The molecule has 1 aromatic rings. The second-order valence-corrected chi connectivity index (χ2v) is 3.65. The largest absolute Gasteiger partial charge is 0.338 e. The van der Waals surface area contributed by atoms with Gasteiger partial charge in [-0.05, 0) is 32.4 Å². The van der Waals surface area contributed by atoms with Crippen molar-refractivity contribution in [2.24, 2.45) is 0 Å². The third-order valence-electron chi connectivity index (χ3n) is 2.39. The van der Waals surface area contributed by atoms with Crippen LogP contribution < -0.4 is 0 Å². The highest BCUT2D eigenvalue weighted by molar-refractivity contribution is 6.31. The molecule has 0 unspecified atom stereocenters. The smallest absolute Gasteiger partial charge is 0.272 e. The molecule has 3 nitrogen and oxygen atoms in total. The van der Waals surface area contributed by atoms with E-state index in [-0.39, 0.29) is 5.91 Å². The normalized spacial score (nSPS) is 10.1. The summed E-state index contributed by atoms with van der Waals surface area (Å²) in [5.41, 5.74) is 1.20. The van der Waals surface area contributed by atoms with Gasteiger partial charge in [-0.1, -0.05) is 11.6 Å². The average Bonchev–Trinajstić information content (AvgIpc) is 2.23. The lowest BCUT2D eigenvalue weighted by Gasteiger charge is -2.19. The van der Waals surface area contributed by atoms with E-state index >= 15 is 0 Å². The molecule has 4 heteroatoms. The van der Waals surface area contributed by atoms with E-state index in [0.29, 0.717) is 23.8 Å². The number of amides is 1. The van der Waals surface area contributed by atoms with Gasteiger partial charge in [-0.3, -0.25) is 9.78 Å². The summed E-state index contributed by atoms with van der Waals surface area (Å²) in [6.45, 7) is 7.07. The predicted octanol–water partition coefficient (Wildman–Crippen LogP) is 2.53. The summed E-state index contributed by atoms with van der Waals surface area (Å²) in [4.78, 5) is 17.8. The Bertz CT molecular complexity index is 362. The fraction of sp³-hybridized carbons (Fsp3) is 0.455. The van der Waals surface area contributed by atoms with Gasteiger partial charge < -0.3 is 4.90 Å². The van der Waals surface area contributed by atoms with E-state index < -0.39 is 0 Å². The zero-order valence-corrected chi connectivity index (χ0v) is 10.0. The zero-order valence-electron chi connectivity index (χ0n) is 9.25. The number of nitrogens with zero attached hydrogens (tertiary/aromatic N) is 2. The molecule has 0 fully saturated rings. The molecule has 0 spiro atoms. The molecule has 0 aliphatic carbocycles. The summed E-state index contributed by atoms with van der Waals surface area (Å²) in [5, 5.41) is 0.584. The van der Waals surface area contributed by atoms with Crippen LogP contribution in [0, 0.1) is 6.92 Å². The Morgan fingerprint density at radius 3 is 2.60 bits per heavy atom. The molecule has 0 aromatic carbocycles. The lowest BCUT2D eigenvalue weighted by molar-refractivity contribution is 0.0766. The summed E-state index contributed by atoms with van der Waals surface area (Å²) in [6, 6.07) is 1.69. The van der Waals surface area contributed by atoms with Gasteiger partial charge in [-0.25, -0.2) is 0 Å². The van der Waals surface area contributed by atoms with E-state index in [1.165, 1.54) is 0 Å². The second-order valence-electron chi connectivity index (χ2n) is 3.24. The number of carbonyl (C=O) groups excluding carboxylic acids is 1. The Morgan fingerprint density at radius 2 is 2.07 bits per heavy atom. The van der Waals surface area contributed by atoms with Crippen molar-refractivity contribution >= 4 is 17.5 Å². The minimum atomic E-state index is -0.0556. The maximum absolute atomic E-state index is 12.0. The first-order valence-corrected chi connectivity index (χ1v) is 5.40. The first-order chi connectivity index (χ1) is 7.11. The van der Waals surface area contributed by atoms with Gasteiger partial charge in [0.25, 0.3) is 5.91 Å². The van der Waals surface area contributed by atoms with Crippen LogP contribution >= 0.6 is 11.6 Å². The SMILES string of the molecule is CCN(CC)C(=O)c1nccc(Cl)c1C. The Hall–Kier alpha value is -1.09. The molecule has 1 heterocycles. The maximum atomic E-state index is 12.0. The molecule has 1 rings (SSSR count). The van der Waals surface area contributed by atoms with Gasteiger partial charge >= 0.3 is 0 Å². The third-order valence-corrected chi connectivity index (χ3v) is 2.80. The quantitative estimate of drug-likeness (QED) is 0.794. The standard InChI is InChI=1S/C11H15ClN2O/c1-4-14(5-2)11(15)10-8(3)9(12)6-7-13-10/h6-7H,4-5H2,1-3H3. The molecule has 0 aliphatic heterocycles. The van der Waals surface area contributed by atoms with Crippen molar-refractivity contribution in [3.05, 3.63) is 28.5 Å². The Balaban J connectivity index is 3.05. The van der Waals surface area contributed by atoms with E-state index in [1.807, 2.05) is 20.8 Å². The van der Waals surface area contributed by atoms with Crippen molar-refractivity contribution in [2.45, 2.75) is 20.8 Å². The Labute approximate surface area is 95.1 Å². The summed E-state index contributed by atoms with van der Waals surface area (Å²) < 4.78 is 0. The summed E-state index contributed by atoms with van der Waals surface area (Å²) >= 11 is 5.94. The molecule has 0 N–H and O–H groups in total. The van der Waals surface area contributed by atoms with Crippen molar-refractivity contribution in [3.8, 4) is 0 Å². The Morgan fingerprint density at radius 1 is 1.47 bits per heavy atom. The van der Waals surface area contributed by atoms with Crippen LogP contribution in [0.4, 0.5) is 0 Å². The lowest BCUT2D eigenvalue weighted by Crippen LogP contribution is -2.31. The fourth-order valence-electron chi connectivity index (χ4n) is 1.39. The molecular formula is C11H15ClN2O. The molecule has 15 heavy (non-hydrogen) atoms. The van der Waals surface area contributed by atoms with Crippen LogP contribution in [0.3, 0.4) is 0 Å².